The lowest BCUT2D eigenvalue weighted by Gasteiger charge is -2.23. The van der Waals surface area contributed by atoms with Crippen molar-refractivity contribution >= 4 is 17.7 Å². The van der Waals surface area contributed by atoms with Gasteiger partial charge >= 0.3 is 0 Å². The molecule has 1 aliphatic heterocycles. The minimum Gasteiger partial charge on any atom is -0.355 e. The Labute approximate surface area is 96.6 Å². The van der Waals surface area contributed by atoms with E-state index >= 15 is 0 Å². The van der Waals surface area contributed by atoms with E-state index in [9.17, 15) is 4.79 Å². The summed E-state index contributed by atoms with van der Waals surface area (Å²) in [6.45, 7) is 4.56. The molecule has 0 spiro atoms. The Balaban J connectivity index is 2.20. The van der Waals surface area contributed by atoms with Gasteiger partial charge in [-0.3, -0.25) is 4.79 Å². The summed E-state index contributed by atoms with van der Waals surface area (Å²) in [4.78, 5) is 11.6. The number of nitrogens with one attached hydrogen (secondary N) is 1. The topological polar surface area (TPSA) is 55.1 Å². The van der Waals surface area contributed by atoms with Crippen LogP contribution in [0, 0.1) is 5.92 Å². The average molecular weight is 230 g/mol. The van der Waals surface area contributed by atoms with Crippen molar-refractivity contribution in [3.05, 3.63) is 0 Å². The second-order valence-corrected chi connectivity index (χ2v) is 5.79. The predicted octanol–water partition coefficient (Wildman–Crippen LogP) is 1.37. The lowest BCUT2D eigenvalue weighted by molar-refractivity contribution is -0.124. The van der Waals surface area contributed by atoms with Gasteiger partial charge in [0.2, 0.25) is 5.91 Å². The Kier molecular flexibility index (Phi) is 5.47. The number of carbonyl (C=O) groups excluding carboxylic acids is 1. The first-order valence-corrected chi connectivity index (χ1v) is 6.81. The van der Waals surface area contributed by atoms with E-state index in [1.54, 1.807) is 0 Å². The van der Waals surface area contributed by atoms with Crippen molar-refractivity contribution in [1.29, 1.82) is 0 Å². The van der Waals surface area contributed by atoms with Crippen LogP contribution in [-0.4, -0.2) is 29.5 Å². The van der Waals surface area contributed by atoms with Gasteiger partial charge in [0.1, 0.15) is 0 Å². The van der Waals surface area contributed by atoms with Gasteiger partial charge in [-0.15, -0.1) is 0 Å². The fourth-order valence-electron chi connectivity index (χ4n) is 1.58. The molecule has 1 rings (SSSR count). The Hall–Kier alpha value is -0.220. The lowest BCUT2D eigenvalue weighted by Crippen LogP contribution is -2.41. The van der Waals surface area contributed by atoms with Crippen molar-refractivity contribution in [2.75, 3.05) is 12.3 Å². The van der Waals surface area contributed by atoms with E-state index in [1.165, 1.54) is 25.0 Å². The van der Waals surface area contributed by atoms with E-state index in [0.29, 0.717) is 5.25 Å². The largest absolute Gasteiger partial charge is 0.355 e. The van der Waals surface area contributed by atoms with E-state index < -0.39 is 0 Å². The zero-order valence-electron chi connectivity index (χ0n) is 9.66. The highest BCUT2D eigenvalue weighted by atomic mass is 32.2. The fraction of sp³-hybridized carbons (Fsp3) is 0.909. The highest BCUT2D eigenvalue weighted by Crippen LogP contribution is 2.24. The minimum absolute atomic E-state index is 0.0657. The third-order valence-corrected chi connectivity index (χ3v) is 4.38. The van der Waals surface area contributed by atoms with Crippen molar-refractivity contribution < 1.29 is 4.79 Å². The first-order valence-electron chi connectivity index (χ1n) is 5.76. The van der Waals surface area contributed by atoms with E-state index in [1.807, 2.05) is 25.6 Å². The first-order chi connectivity index (χ1) is 7.11. The molecule has 0 radical (unpaired) electrons. The van der Waals surface area contributed by atoms with E-state index in [0.717, 1.165) is 6.54 Å². The van der Waals surface area contributed by atoms with Crippen molar-refractivity contribution in [2.45, 2.75) is 44.4 Å². The molecule has 1 heterocycles. The summed E-state index contributed by atoms with van der Waals surface area (Å²) in [7, 11) is 0. The van der Waals surface area contributed by atoms with Gasteiger partial charge in [0.05, 0.1) is 0 Å². The van der Waals surface area contributed by atoms with Gasteiger partial charge < -0.3 is 11.1 Å². The van der Waals surface area contributed by atoms with Crippen LogP contribution >= 0.6 is 11.8 Å². The molecule has 15 heavy (non-hydrogen) atoms. The number of rotatable bonds is 4. The van der Waals surface area contributed by atoms with Crippen LogP contribution in [0.4, 0.5) is 0 Å². The maximum absolute atomic E-state index is 11.6. The lowest BCUT2D eigenvalue weighted by atomic mass is 10.0. The molecule has 0 aliphatic carbocycles. The van der Waals surface area contributed by atoms with Crippen molar-refractivity contribution in [3.8, 4) is 0 Å². The summed E-state index contributed by atoms with van der Waals surface area (Å²) in [5.74, 6) is 1.25. The van der Waals surface area contributed by atoms with Crippen LogP contribution in [0.15, 0.2) is 0 Å². The summed E-state index contributed by atoms with van der Waals surface area (Å²) < 4.78 is 0. The Bertz CT molecular complexity index is 203. The Morgan fingerprint density at radius 3 is 2.80 bits per heavy atom. The maximum atomic E-state index is 11.6. The van der Waals surface area contributed by atoms with E-state index in [2.05, 4.69) is 5.32 Å². The number of nitrogens with two attached hydrogens (primary N) is 1. The van der Waals surface area contributed by atoms with Crippen LogP contribution in [0.3, 0.4) is 0 Å². The van der Waals surface area contributed by atoms with Gasteiger partial charge in [0.15, 0.2) is 0 Å². The summed E-state index contributed by atoms with van der Waals surface area (Å²) in [5.41, 5.74) is 5.68. The average Bonchev–Trinajstić information content (AvgIpc) is 2.26. The van der Waals surface area contributed by atoms with Crippen LogP contribution in [-0.2, 0) is 4.79 Å². The van der Waals surface area contributed by atoms with Gasteiger partial charge in [-0.1, -0.05) is 13.3 Å². The highest BCUT2D eigenvalue weighted by molar-refractivity contribution is 7.99. The predicted molar refractivity (Wildman–Crippen MR) is 65.9 cm³/mol. The van der Waals surface area contributed by atoms with Crippen LogP contribution in [0.25, 0.3) is 0 Å². The fourth-order valence-corrected chi connectivity index (χ4v) is 2.82. The van der Waals surface area contributed by atoms with Gasteiger partial charge in [-0.25, -0.2) is 0 Å². The highest BCUT2D eigenvalue weighted by Gasteiger charge is 2.19. The summed E-state index contributed by atoms with van der Waals surface area (Å²) in [6, 6.07) is -0.0657. The number of hydrogen-bond acceptors (Lipinski definition) is 3. The standard InChI is InChI=1S/C11H22N2OS/c1-8(9(2)12)11(14)13-7-10-5-3-4-6-15-10/h8-10H,3-7,12H2,1-2H3,(H,13,14). The second kappa shape index (κ2) is 6.38. The summed E-state index contributed by atoms with van der Waals surface area (Å²) in [5, 5.41) is 3.61. The van der Waals surface area contributed by atoms with Crippen molar-refractivity contribution in [1.82, 2.24) is 5.32 Å². The van der Waals surface area contributed by atoms with Crippen LogP contribution in [0.1, 0.15) is 33.1 Å². The van der Waals surface area contributed by atoms with Gasteiger partial charge in [-0.05, 0) is 25.5 Å². The number of carbonyl (C=O) groups is 1. The number of hydrogen-bond donors (Lipinski definition) is 2. The first kappa shape index (κ1) is 12.8. The van der Waals surface area contributed by atoms with E-state index in [-0.39, 0.29) is 17.9 Å². The zero-order valence-corrected chi connectivity index (χ0v) is 10.5. The normalized spacial score (nSPS) is 25.7. The molecular formula is C11H22N2OS. The van der Waals surface area contributed by atoms with Gasteiger partial charge in [0, 0.05) is 23.8 Å². The number of amides is 1. The molecule has 88 valence electrons. The van der Waals surface area contributed by atoms with Crippen LogP contribution in [0.2, 0.25) is 0 Å². The van der Waals surface area contributed by atoms with Crippen molar-refractivity contribution in [3.63, 3.8) is 0 Å². The molecule has 0 aromatic rings. The molecule has 1 fully saturated rings. The smallest absolute Gasteiger partial charge is 0.224 e. The summed E-state index contributed by atoms with van der Waals surface area (Å²) >= 11 is 1.98. The molecule has 0 aromatic carbocycles. The molecule has 3 atom stereocenters. The molecule has 1 aliphatic rings. The van der Waals surface area contributed by atoms with Gasteiger partial charge in [-0.2, -0.15) is 11.8 Å². The van der Waals surface area contributed by atoms with E-state index in [4.69, 9.17) is 5.73 Å². The molecule has 3 nitrogen and oxygen atoms in total. The molecule has 0 bridgehead atoms. The molecule has 0 saturated carbocycles. The molecule has 1 saturated heterocycles. The molecule has 3 N–H and O–H groups in total. The van der Waals surface area contributed by atoms with Gasteiger partial charge in [0.25, 0.3) is 0 Å². The summed E-state index contributed by atoms with van der Waals surface area (Å²) in [6.07, 6.45) is 3.86. The molecule has 1 amide bonds. The quantitative estimate of drug-likeness (QED) is 0.767. The minimum atomic E-state index is -0.0846. The molecule has 0 aromatic heterocycles. The second-order valence-electron chi connectivity index (χ2n) is 4.38. The Morgan fingerprint density at radius 1 is 1.53 bits per heavy atom. The third-order valence-electron chi connectivity index (χ3n) is 2.98. The molecular weight excluding hydrogens is 208 g/mol. The Morgan fingerprint density at radius 2 is 2.27 bits per heavy atom. The SMILES string of the molecule is CC(N)C(C)C(=O)NCC1CCCCS1. The maximum Gasteiger partial charge on any atom is 0.224 e. The third kappa shape index (κ3) is 4.43. The molecule has 3 unspecified atom stereocenters. The zero-order chi connectivity index (χ0) is 11.3. The van der Waals surface area contributed by atoms with Crippen molar-refractivity contribution in [2.24, 2.45) is 11.7 Å². The number of thioether (sulfide) groups is 1. The molecule has 4 heteroatoms. The van der Waals surface area contributed by atoms with Crippen LogP contribution < -0.4 is 11.1 Å². The monoisotopic (exact) mass is 230 g/mol. The van der Waals surface area contributed by atoms with Crippen LogP contribution in [0.5, 0.6) is 0 Å².